The van der Waals surface area contributed by atoms with Crippen molar-refractivity contribution < 1.29 is 21.6 Å². The summed E-state index contributed by atoms with van der Waals surface area (Å²) in [5.41, 5.74) is 12.9. The molecule has 5 N–H and O–H groups in total. The number of sulfonamides is 1. The lowest BCUT2D eigenvalue weighted by atomic mass is 9.82. The topological polar surface area (TPSA) is 153 Å². The van der Waals surface area contributed by atoms with Crippen molar-refractivity contribution in [1.82, 2.24) is 14.8 Å². The molecule has 0 aliphatic heterocycles. The number of hydrogen-bond donors (Lipinski definition) is 3. The van der Waals surface area contributed by atoms with E-state index in [-0.39, 0.29) is 40.6 Å². The van der Waals surface area contributed by atoms with Gasteiger partial charge < -0.3 is 11.5 Å². The third-order valence-corrected chi connectivity index (χ3v) is 8.77. The van der Waals surface area contributed by atoms with Gasteiger partial charge in [-0.2, -0.15) is 10.4 Å². The maximum Gasteiger partial charge on any atom is 0.264 e. The fraction of sp³-hybridized carbons (Fsp3) is 0.321. The van der Waals surface area contributed by atoms with E-state index in [4.69, 9.17) is 16.7 Å². The van der Waals surface area contributed by atoms with Crippen LogP contribution in [0.3, 0.4) is 0 Å². The van der Waals surface area contributed by atoms with Crippen LogP contribution in [0.25, 0.3) is 22.2 Å². The highest BCUT2D eigenvalue weighted by atomic mass is 32.2. The Bertz CT molecular complexity index is 1810. The number of pyridine rings is 1. The minimum Gasteiger partial charge on any atom is -0.383 e. The normalized spacial score (nSPS) is 17.6. The molecule has 2 heterocycles. The van der Waals surface area contributed by atoms with E-state index in [0.29, 0.717) is 17.0 Å². The number of nitrogens with two attached hydrogens (primary N) is 2. The van der Waals surface area contributed by atoms with Crippen LogP contribution in [0.2, 0.25) is 0 Å². The zero-order chi connectivity index (χ0) is 29.6. The molecule has 0 atom stereocenters. The van der Waals surface area contributed by atoms with Gasteiger partial charge in [-0.3, -0.25) is 9.40 Å². The van der Waals surface area contributed by atoms with E-state index in [2.05, 4.69) is 10.1 Å². The number of hydrogen-bond acceptors (Lipinski definition) is 7. The fourth-order valence-corrected chi connectivity index (χ4v) is 6.46. The maximum atomic E-state index is 15.6. The second kappa shape index (κ2) is 10.7. The van der Waals surface area contributed by atoms with Crippen LogP contribution < -0.4 is 16.2 Å². The third-order valence-electron chi connectivity index (χ3n) is 7.39. The highest BCUT2D eigenvalue weighted by molar-refractivity contribution is 7.92. The second-order valence-electron chi connectivity index (χ2n) is 10.5. The van der Waals surface area contributed by atoms with Crippen LogP contribution in [0.15, 0.2) is 41.4 Å². The first kappa shape index (κ1) is 28.4. The average molecular weight is 584 g/mol. The number of nitrogens with one attached hydrogen (secondary N) is 1. The van der Waals surface area contributed by atoms with Crippen molar-refractivity contribution in [3.63, 3.8) is 0 Å². The molecular weight excluding hydrogens is 555 g/mol. The lowest BCUT2D eigenvalue weighted by Crippen LogP contribution is -2.26. The summed E-state index contributed by atoms with van der Waals surface area (Å²) in [6, 6.07) is 5.86. The van der Waals surface area contributed by atoms with Gasteiger partial charge in [-0.25, -0.2) is 26.6 Å². The predicted octanol–water partition coefficient (Wildman–Crippen LogP) is 5.34. The first-order chi connectivity index (χ1) is 19.4. The molecule has 0 radical (unpaired) electrons. The van der Waals surface area contributed by atoms with Gasteiger partial charge in [0, 0.05) is 29.9 Å². The van der Waals surface area contributed by atoms with E-state index in [1.165, 1.54) is 0 Å². The molecule has 4 aromatic rings. The second-order valence-corrected chi connectivity index (χ2v) is 12.1. The number of nitriles is 1. The number of nitrogens with zero attached hydrogens (tertiary/aromatic N) is 4. The van der Waals surface area contributed by atoms with Gasteiger partial charge >= 0.3 is 0 Å². The number of nitrogen functional groups attached to an aromatic ring is 1. The van der Waals surface area contributed by atoms with Crippen LogP contribution in [0.4, 0.5) is 24.7 Å². The largest absolute Gasteiger partial charge is 0.383 e. The Morgan fingerprint density at radius 2 is 1.78 bits per heavy atom. The Morgan fingerprint density at radius 1 is 1.07 bits per heavy atom. The van der Waals surface area contributed by atoms with Gasteiger partial charge in [0.1, 0.15) is 33.9 Å². The summed E-state index contributed by atoms with van der Waals surface area (Å²) in [5.74, 6) is -3.03. The Morgan fingerprint density at radius 3 is 2.44 bits per heavy atom. The molecule has 0 spiro atoms. The van der Waals surface area contributed by atoms with E-state index in [1.807, 2.05) is 18.6 Å². The monoisotopic (exact) mass is 583 g/mol. The van der Waals surface area contributed by atoms with Gasteiger partial charge in [-0.05, 0) is 75.3 Å². The minimum atomic E-state index is -4.71. The third kappa shape index (κ3) is 5.20. The van der Waals surface area contributed by atoms with E-state index in [1.54, 1.807) is 16.9 Å². The molecule has 214 valence electrons. The Kier molecular flexibility index (Phi) is 7.39. The number of benzene rings is 2. The Hall–Kier alpha value is -4.15. The molecule has 0 unspecified atom stereocenters. The first-order valence-electron chi connectivity index (χ1n) is 13.0. The van der Waals surface area contributed by atoms with Crippen LogP contribution in [0, 0.1) is 28.8 Å². The predicted molar refractivity (Wildman–Crippen MR) is 149 cm³/mol. The minimum absolute atomic E-state index is 0.0617. The maximum absolute atomic E-state index is 15.6. The summed E-state index contributed by atoms with van der Waals surface area (Å²) in [4.78, 5) is 3.48. The van der Waals surface area contributed by atoms with Crippen molar-refractivity contribution in [1.29, 1.82) is 5.26 Å². The highest BCUT2D eigenvalue weighted by Crippen LogP contribution is 2.42. The summed E-state index contributed by atoms with van der Waals surface area (Å²) >= 11 is 0. The Balaban J connectivity index is 1.61. The standard InChI is InChI=1S/C28H28F3N7O2S/c1-14(2)38-27-19(16-4-6-17(33)7-5-16)13-35-28(34)25(27)26(36-38)18-10-22(31)23(11-21(18)30)37-41(39,40)24-9-15(12-32)3-8-20(24)29/h3,8-11,13-14,16-17,37H,4-7,33H2,1-2H3,(H2,34,35)/t16-,17-. The van der Waals surface area contributed by atoms with Crippen molar-refractivity contribution in [2.75, 3.05) is 10.5 Å². The van der Waals surface area contributed by atoms with Gasteiger partial charge in [0.2, 0.25) is 0 Å². The molecule has 2 aromatic carbocycles. The van der Waals surface area contributed by atoms with Gasteiger partial charge in [-0.15, -0.1) is 0 Å². The molecule has 0 bridgehead atoms. The summed E-state index contributed by atoms with van der Waals surface area (Å²) in [6.45, 7) is 3.81. The van der Waals surface area contributed by atoms with E-state index >= 15 is 8.78 Å². The van der Waals surface area contributed by atoms with Crippen molar-refractivity contribution >= 4 is 32.4 Å². The number of anilines is 2. The molecule has 1 saturated carbocycles. The number of fused-ring (bicyclic) bond motifs is 1. The zero-order valence-electron chi connectivity index (χ0n) is 22.3. The smallest absolute Gasteiger partial charge is 0.264 e. The van der Waals surface area contributed by atoms with Gasteiger partial charge in [0.25, 0.3) is 10.0 Å². The molecular formula is C28H28F3N7O2S. The van der Waals surface area contributed by atoms with E-state index in [0.717, 1.165) is 55.5 Å². The summed E-state index contributed by atoms with van der Waals surface area (Å²) in [7, 11) is -4.71. The summed E-state index contributed by atoms with van der Waals surface area (Å²) in [6.07, 6.45) is 5.09. The summed E-state index contributed by atoms with van der Waals surface area (Å²) in [5, 5.41) is 14.0. The van der Waals surface area contributed by atoms with E-state index in [9.17, 15) is 12.8 Å². The van der Waals surface area contributed by atoms with Gasteiger partial charge in [0.05, 0.1) is 28.2 Å². The molecule has 41 heavy (non-hydrogen) atoms. The molecule has 5 rings (SSSR count). The van der Waals surface area contributed by atoms with Crippen LogP contribution in [0.5, 0.6) is 0 Å². The van der Waals surface area contributed by atoms with Gasteiger partial charge in [-0.1, -0.05) is 0 Å². The molecule has 1 aliphatic rings. The van der Waals surface area contributed by atoms with Gasteiger partial charge in [0.15, 0.2) is 0 Å². The molecule has 0 amide bonds. The molecule has 9 nitrogen and oxygen atoms in total. The highest BCUT2D eigenvalue weighted by Gasteiger charge is 2.29. The molecule has 1 aliphatic carbocycles. The fourth-order valence-electron chi connectivity index (χ4n) is 5.29. The average Bonchev–Trinajstić information content (AvgIpc) is 3.33. The van der Waals surface area contributed by atoms with Crippen LogP contribution in [-0.2, 0) is 10.0 Å². The lowest BCUT2D eigenvalue weighted by Gasteiger charge is -2.27. The quantitative estimate of drug-likeness (QED) is 0.277. The Labute approximate surface area is 235 Å². The molecule has 0 saturated heterocycles. The SMILES string of the molecule is CC(C)n1nc(-c2cc(F)c(NS(=O)(=O)c3cc(C#N)ccc3F)cc2F)c2c(N)ncc([C@H]3CC[C@H](N)CC3)c21. The van der Waals surface area contributed by atoms with Crippen molar-refractivity contribution in [3.8, 4) is 17.3 Å². The van der Waals surface area contributed by atoms with Crippen LogP contribution in [-0.4, -0.2) is 29.2 Å². The number of rotatable bonds is 6. The van der Waals surface area contributed by atoms with Crippen molar-refractivity contribution in [2.24, 2.45) is 5.73 Å². The lowest BCUT2D eigenvalue weighted by molar-refractivity contribution is 0.395. The zero-order valence-corrected chi connectivity index (χ0v) is 23.1. The first-order valence-corrected chi connectivity index (χ1v) is 14.5. The molecule has 2 aromatic heterocycles. The molecule has 13 heteroatoms. The molecule has 1 fully saturated rings. The number of halogens is 3. The van der Waals surface area contributed by atoms with Crippen molar-refractivity contribution in [2.45, 2.75) is 62.4 Å². The van der Waals surface area contributed by atoms with Crippen LogP contribution in [0.1, 0.15) is 62.6 Å². The van der Waals surface area contributed by atoms with Crippen molar-refractivity contribution in [3.05, 3.63) is 65.1 Å². The van der Waals surface area contributed by atoms with Crippen LogP contribution >= 0.6 is 0 Å². The summed E-state index contributed by atoms with van der Waals surface area (Å²) < 4.78 is 74.5. The number of aromatic nitrogens is 3. The van der Waals surface area contributed by atoms with E-state index < -0.39 is 38.1 Å².